The van der Waals surface area contributed by atoms with Gasteiger partial charge in [-0.15, -0.1) is 11.3 Å². The van der Waals surface area contributed by atoms with Crippen LogP contribution in [0.25, 0.3) is 10.9 Å². The van der Waals surface area contributed by atoms with Crippen LogP contribution in [0, 0.1) is 0 Å². The largest absolute Gasteiger partial charge is 0.352 e. The third-order valence-corrected chi connectivity index (χ3v) is 6.65. The molecule has 0 spiro atoms. The van der Waals surface area contributed by atoms with E-state index in [4.69, 9.17) is 0 Å². The topological polar surface area (TPSA) is 73.1 Å². The Hall–Kier alpha value is -3.45. The number of fused-ring (bicyclic) bond motifs is 1. The average Bonchev–Trinajstić information content (AvgIpc) is 3.35. The monoisotopic (exact) mass is 461 g/mol. The molecule has 6 nitrogen and oxygen atoms in total. The van der Waals surface area contributed by atoms with Crippen molar-refractivity contribution in [2.75, 3.05) is 0 Å². The van der Waals surface area contributed by atoms with Crippen molar-refractivity contribution in [1.29, 1.82) is 0 Å². The van der Waals surface area contributed by atoms with Crippen molar-refractivity contribution < 1.29 is 4.79 Å². The predicted octanol–water partition coefficient (Wildman–Crippen LogP) is 3.60. The van der Waals surface area contributed by atoms with E-state index in [1.807, 2.05) is 42.6 Å². The van der Waals surface area contributed by atoms with Crippen molar-refractivity contribution in [2.45, 2.75) is 45.3 Å². The number of aromatic nitrogens is 2. The summed E-state index contributed by atoms with van der Waals surface area (Å²) in [6.45, 7) is 2.11. The minimum absolute atomic E-state index is 0.0376. The molecule has 1 amide bonds. The zero-order valence-electron chi connectivity index (χ0n) is 18.6. The first-order valence-electron chi connectivity index (χ1n) is 11.1. The molecule has 0 saturated carbocycles. The van der Waals surface area contributed by atoms with E-state index >= 15 is 0 Å². The number of hydrogen-bond donors (Lipinski definition) is 1. The number of rotatable bonds is 9. The number of para-hydroxylation sites is 1. The van der Waals surface area contributed by atoms with Gasteiger partial charge in [0.1, 0.15) is 6.54 Å². The minimum atomic E-state index is -0.456. The first kappa shape index (κ1) is 22.7. The van der Waals surface area contributed by atoms with Crippen molar-refractivity contribution in [3.8, 4) is 0 Å². The Morgan fingerprint density at radius 2 is 1.70 bits per heavy atom. The molecule has 33 heavy (non-hydrogen) atoms. The average molecular weight is 462 g/mol. The number of hydrogen-bond acceptors (Lipinski definition) is 4. The molecular formula is C26H27N3O3S. The van der Waals surface area contributed by atoms with E-state index in [9.17, 15) is 14.4 Å². The van der Waals surface area contributed by atoms with Crippen molar-refractivity contribution >= 4 is 28.1 Å². The first-order chi connectivity index (χ1) is 16.0. The summed E-state index contributed by atoms with van der Waals surface area (Å²) in [7, 11) is 0. The highest BCUT2D eigenvalue weighted by Gasteiger charge is 2.16. The van der Waals surface area contributed by atoms with Crippen LogP contribution in [0.15, 0.2) is 81.7 Å². The molecule has 170 valence electrons. The molecule has 0 radical (unpaired) electrons. The normalized spacial score (nSPS) is 12.0. The first-order valence-corrected chi connectivity index (χ1v) is 12.0. The lowest BCUT2D eigenvalue weighted by Crippen LogP contribution is -2.44. The summed E-state index contributed by atoms with van der Waals surface area (Å²) in [6.07, 6.45) is 2.25. The number of nitrogens with one attached hydrogen (secondary N) is 1. The number of aryl methyl sites for hydroxylation is 2. The molecule has 0 aliphatic rings. The van der Waals surface area contributed by atoms with Crippen LogP contribution in [0.5, 0.6) is 0 Å². The fourth-order valence-corrected chi connectivity index (χ4v) is 4.66. The van der Waals surface area contributed by atoms with E-state index in [2.05, 4.69) is 17.4 Å². The Balaban J connectivity index is 1.52. The molecule has 4 aromatic rings. The van der Waals surface area contributed by atoms with Gasteiger partial charge in [0.25, 0.3) is 5.56 Å². The van der Waals surface area contributed by atoms with Crippen LogP contribution >= 0.6 is 11.3 Å². The molecule has 1 atom stereocenters. The van der Waals surface area contributed by atoms with Gasteiger partial charge >= 0.3 is 5.69 Å². The lowest BCUT2D eigenvalue weighted by molar-refractivity contribution is -0.122. The van der Waals surface area contributed by atoms with Crippen LogP contribution in [0.3, 0.4) is 0 Å². The van der Waals surface area contributed by atoms with Gasteiger partial charge in [0.2, 0.25) is 5.91 Å². The number of amides is 1. The van der Waals surface area contributed by atoms with Crippen LogP contribution in [0.4, 0.5) is 0 Å². The van der Waals surface area contributed by atoms with E-state index in [1.54, 1.807) is 35.6 Å². The van der Waals surface area contributed by atoms with Crippen LogP contribution in [0.2, 0.25) is 0 Å². The number of carbonyl (C=O) groups is 1. The third-order valence-electron chi connectivity index (χ3n) is 5.71. The van der Waals surface area contributed by atoms with E-state index in [0.29, 0.717) is 17.3 Å². The molecule has 1 N–H and O–H groups in total. The van der Waals surface area contributed by atoms with Gasteiger partial charge < -0.3 is 5.32 Å². The molecule has 2 aromatic heterocycles. The summed E-state index contributed by atoms with van der Waals surface area (Å²) in [5.41, 5.74) is 0.924. The molecule has 2 heterocycles. The van der Waals surface area contributed by atoms with Crippen LogP contribution in [0.1, 0.15) is 23.8 Å². The quantitative estimate of drug-likeness (QED) is 0.414. The van der Waals surface area contributed by atoms with Crippen LogP contribution in [-0.2, 0) is 30.7 Å². The molecule has 2 aromatic carbocycles. The van der Waals surface area contributed by atoms with Gasteiger partial charge in [-0.3, -0.25) is 18.7 Å². The van der Waals surface area contributed by atoms with Gasteiger partial charge in [0.15, 0.2) is 0 Å². The smallest absolute Gasteiger partial charge is 0.331 e. The standard InChI is InChI=1S/C26H27N3O3S/c1-19(13-14-20-8-3-2-4-9-20)27-24(30)18-29-23-12-6-5-11-22(23)25(31)28(26(29)32)16-15-21-10-7-17-33-21/h2-12,17,19H,13-16,18H2,1H3,(H,27,30). The number of nitrogens with zero attached hydrogens (tertiary/aromatic N) is 2. The summed E-state index contributed by atoms with van der Waals surface area (Å²) >= 11 is 1.59. The third kappa shape index (κ3) is 5.49. The van der Waals surface area contributed by atoms with Gasteiger partial charge in [0.05, 0.1) is 10.9 Å². The Kier molecular flexibility index (Phi) is 7.19. The summed E-state index contributed by atoms with van der Waals surface area (Å²) < 4.78 is 2.65. The van der Waals surface area contributed by atoms with Crippen molar-refractivity contribution in [2.24, 2.45) is 0 Å². The highest BCUT2D eigenvalue weighted by Crippen LogP contribution is 2.11. The molecule has 7 heteroatoms. The summed E-state index contributed by atoms with van der Waals surface area (Å²) in [4.78, 5) is 40.2. The molecule has 4 rings (SSSR count). The second-order valence-electron chi connectivity index (χ2n) is 8.16. The molecule has 1 unspecified atom stereocenters. The molecule has 0 saturated heterocycles. The molecule has 0 aliphatic carbocycles. The fraction of sp³-hybridized carbons (Fsp3) is 0.269. The van der Waals surface area contributed by atoms with Gasteiger partial charge in [-0.05, 0) is 55.3 Å². The van der Waals surface area contributed by atoms with E-state index in [1.165, 1.54) is 14.7 Å². The number of carbonyl (C=O) groups excluding carboxylic acids is 1. The maximum Gasteiger partial charge on any atom is 0.331 e. The fourth-order valence-electron chi connectivity index (χ4n) is 3.96. The number of thiophene rings is 1. The van der Waals surface area contributed by atoms with Gasteiger partial charge in [-0.2, -0.15) is 0 Å². The van der Waals surface area contributed by atoms with Crippen LogP contribution < -0.4 is 16.6 Å². The molecule has 0 fully saturated rings. The van der Waals surface area contributed by atoms with Gasteiger partial charge in [-0.25, -0.2) is 4.79 Å². The second-order valence-corrected chi connectivity index (χ2v) is 9.20. The summed E-state index contributed by atoms with van der Waals surface area (Å²) in [5.74, 6) is -0.244. The van der Waals surface area contributed by atoms with Gasteiger partial charge in [-0.1, -0.05) is 48.5 Å². The highest BCUT2D eigenvalue weighted by molar-refractivity contribution is 7.09. The lowest BCUT2D eigenvalue weighted by atomic mass is 10.1. The molecule has 0 bridgehead atoms. The Morgan fingerprint density at radius 1 is 0.939 bits per heavy atom. The Labute approximate surface area is 196 Å². The molecular weight excluding hydrogens is 434 g/mol. The SMILES string of the molecule is CC(CCc1ccccc1)NC(=O)Cn1c(=O)n(CCc2cccs2)c(=O)c2ccccc21. The van der Waals surface area contributed by atoms with Crippen molar-refractivity contribution in [3.63, 3.8) is 0 Å². The Bertz CT molecular complexity index is 1340. The van der Waals surface area contributed by atoms with Crippen LogP contribution in [-0.4, -0.2) is 21.1 Å². The van der Waals surface area contributed by atoms with Gasteiger partial charge in [0, 0.05) is 17.5 Å². The second kappa shape index (κ2) is 10.4. The van der Waals surface area contributed by atoms with Crippen molar-refractivity contribution in [1.82, 2.24) is 14.5 Å². The minimum Gasteiger partial charge on any atom is -0.352 e. The zero-order chi connectivity index (χ0) is 23.2. The molecule has 0 aliphatic heterocycles. The Morgan fingerprint density at radius 3 is 2.45 bits per heavy atom. The zero-order valence-corrected chi connectivity index (χ0v) is 19.4. The maximum atomic E-state index is 13.2. The lowest BCUT2D eigenvalue weighted by Gasteiger charge is -2.17. The van der Waals surface area contributed by atoms with E-state index < -0.39 is 5.69 Å². The predicted molar refractivity (Wildman–Crippen MR) is 133 cm³/mol. The summed E-state index contributed by atoms with van der Waals surface area (Å²) in [5, 5.41) is 5.41. The highest BCUT2D eigenvalue weighted by atomic mass is 32.1. The van der Waals surface area contributed by atoms with E-state index in [-0.39, 0.29) is 30.6 Å². The van der Waals surface area contributed by atoms with E-state index in [0.717, 1.165) is 17.7 Å². The van der Waals surface area contributed by atoms with Crippen molar-refractivity contribution in [3.05, 3.63) is 103 Å². The number of benzene rings is 2. The summed E-state index contributed by atoms with van der Waals surface area (Å²) in [6, 6.07) is 21.0. The maximum absolute atomic E-state index is 13.2.